The summed E-state index contributed by atoms with van der Waals surface area (Å²) in [5.41, 5.74) is 1.22. The molecule has 44 heavy (non-hydrogen) atoms. The molecule has 1 atom stereocenters. The average Bonchev–Trinajstić information content (AvgIpc) is 2.98. The summed E-state index contributed by atoms with van der Waals surface area (Å²) in [5.74, 6) is -2.60. The number of halogens is 2. The lowest BCUT2D eigenvalue weighted by molar-refractivity contribution is -0.107. The van der Waals surface area contributed by atoms with Crippen LogP contribution in [0.4, 0.5) is 20.3 Å². The second-order valence-corrected chi connectivity index (χ2v) is 14.2. The Labute approximate surface area is 256 Å². The first-order valence-electron chi connectivity index (χ1n) is 15.3. The number of fused-ring (bicyclic) bond motifs is 1. The summed E-state index contributed by atoms with van der Waals surface area (Å²) in [6, 6.07) is 7.76. The minimum atomic E-state index is -3.16. The largest absolute Gasteiger partial charge is 0.365 e. The van der Waals surface area contributed by atoms with Gasteiger partial charge in [-0.1, -0.05) is 31.0 Å². The number of aryl methyl sites for hydroxylation is 1. The predicted molar refractivity (Wildman–Crippen MR) is 167 cm³/mol. The Morgan fingerprint density at radius 3 is 2.57 bits per heavy atom. The maximum absolute atomic E-state index is 15.1. The first-order valence-corrected chi connectivity index (χ1v) is 17.1. The van der Waals surface area contributed by atoms with Gasteiger partial charge in [-0.2, -0.15) is 0 Å². The van der Waals surface area contributed by atoms with Crippen molar-refractivity contribution in [3.63, 3.8) is 0 Å². The molecule has 1 unspecified atom stereocenters. The average molecular weight is 631 g/mol. The van der Waals surface area contributed by atoms with Gasteiger partial charge in [-0.15, -0.1) is 0 Å². The van der Waals surface area contributed by atoms with E-state index in [0.717, 1.165) is 25.5 Å². The second kappa shape index (κ2) is 13.7. The minimum absolute atomic E-state index is 0.0209. The number of anilines is 2. The molecule has 13 heteroatoms. The number of hydrogen-bond acceptors (Lipinski definition) is 9. The number of carbonyl (C=O) groups is 1. The van der Waals surface area contributed by atoms with Gasteiger partial charge in [0.15, 0.2) is 9.84 Å². The van der Waals surface area contributed by atoms with Crippen LogP contribution in [0.25, 0.3) is 11.0 Å². The van der Waals surface area contributed by atoms with E-state index in [1.54, 1.807) is 27.7 Å². The molecule has 4 heterocycles. The number of nitrogens with zero attached hydrogens (tertiary/aromatic N) is 4. The van der Waals surface area contributed by atoms with Crippen molar-refractivity contribution < 1.29 is 22.0 Å². The molecule has 3 aromatic rings. The van der Waals surface area contributed by atoms with Crippen molar-refractivity contribution in [2.75, 3.05) is 47.9 Å². The number of sulfone groups is 1. The van der Waals surface area contributed by atoms with Gasteiger partial charge in [0.05, 0.1) is 16.9 Å². The Hall–Kier alpha value is -3.45. The van der Waals surface area contributed by atoms with Crippen molar-refractivity contribution in [3.05, 3.63) is 58.1 Å². The van der Waals surface area contributed by atoms with Crippen LogP contribution in [0.5, 0.6) is 0 Å². The fourth-order valence-corrected chi connectivity index (χ4v) is 7.02. The molecule has 0 bridgehead atoms. The predicted octanol–water partition coefficient (Wildman–Crippen LogP) is 4.05. The molecule has 0 amide bonds. The van der Waals surface area contributed by atoms with Crippen LogP contribution in [-0.2, 0) is 27.1 Å². The van der Waals surface area contributed by atoms with E-state index in [2.05, 4.69) is 20.6 Å². The van der Waals surface area contributed by atoms with Crippen molar-refractivity contribution in [1.82, 2.24) is 19.9 Å². The van der Waals surface area contributed by atoms with Crippen LogP contribution in [0, 0.1) is 5.92 Å². The van der Waals surface area contributed by atoms with Gasteiger partial charge in [-0.05, 0) is 56.5 Å². The normalized spacial score (nSPS) is 17.8. The highest BCUT2D eigenvalue weighted by molar-refractivity contribution is 7.91. The molecule has 10 nitrogen and oxygen atoms in total. The second-order valence-electron chi connectivity index (χ2n) is 11.9. The summed E-state index contributed by atoms with van der Waals surface area (Å²) in [6.45, 7) is 3.89. The monoisotopic (exact) mass is 630 g/mol. The number of benzene rings is 1. The van der Waals surface area contributed by atoms with Gasteiger partial charge < -0.3 is 20.3 Å². The number of aromatic nitrogens is 3. The maximum Gasteiger partial charge on any atom is 0.275 e. The molecule has 2 N–H and O–H groups in total. The lowest BCUT2D eigenvalue weighted by atomic mass is 9.91. The fourth-order valence-electron chi connectivity index (χ4n) is 5.82. The van der Waals surface area contributed by atoms with Crippen LogP contribution >= 0.6 is 0 Å². The molecular weight excluding hydrogens is 590 g/mol. The smallest absolute Gasteiger partial charge is 0.275 e. The fraction of sp³-hybridized carbons (Fsp3) is 0.548. The Bertz CT molecular complexity index is 1630. The third-order valence-corrected chi connectivity index (χ3v) is 10.2. The highest BCUT2D eigenvalue weighted by Gasteiger charge is 2.37. The lowest BCUT2D eigenvalue weighted by Crippen LogP contribution is -2.44. The molecule has 0 spiro atoms. The Morgan fingerprint density at radius 1 is 1.11 bits per heavy atom. The van der Waals surface area contributed by atoms with Gasteiger partial charge in [0.2, 0.25) is 0 Å². The SMILES string of the molecule is CC(Nc1ncnc2c1cc(N1CCS(=O)(=O)CC1)c(=O)n2CCCCCCC=O)c1cccc(C(F)(F)CC2CNC2)c1. The first-order chi connectivity index (χ1) is 21.1. The Kier molecular flexibility index (Phi) is 9.94. The molecule has 2 saturated heterocycles. The number of unbranched alkanes of at least 4 members (excludes halogenated alkanes) is 4. The van der Waals surface area contributed by atoms with E-state index in [1.165, 1.54) is 18.5 Å². The third-order valence-electron chi connectivity index (χ3n) is 8.58. The molecule has 1 aromatic carbocycles. The molecule has 0 aliphatic carbocycles. The van der Waals surface area contributed by atoms with Crippen LogP contribution in [0.15, 0.2) is 41.5 Å². The number of hydrogen-bond donors (Lipinski definition) is 2. The van der Waals surface area contributed by atoms with Crippen LogP contribution < -0.4 is 21.1 Å². The van der Waals surface area contributed by atoms with Gasteiger partial charge in [0, 0.05) is 44.1 Å². The lowest BCUT2D eigenvalue weighted by Gasteiger charge is -2.31. The summed E-state index contributed by atoms with van der Waals surface area (Å²) in [7, 11) is -3.16. The number of aldehydes is 1. The molecule has 2 aromatic heterocycles. The highest BCUT2D eigenvalue weighted by atomic mass is 32.2. The Morgan fingerprint density at radius 2 is 1.86 bits per heavy atom. The third kappa shape index (κ3) is 7.43. The zero-order valence-corrected chi connectivity index (χ0v) is 25.8. The van der Waals surface area contributed by atoms with E-state index in [4.69, 9.17) is 0 Å². The summed E-state index contributed by atoms with van der Waals surface area (Å²) < 4.78 is 56.0. The highest BCUT2D eigenvalue weighted by Crippen LogP contribution is 2.37. The quantitative estimate of drug-likeness (QED) is 0.200. The van der Waals surface area contributed by atoms with E-state index in [9.17, 15) is 18.0 Å². The topological polar surface area (TPSA) is 126 Å². The zero-order valence-electron chi connectivity index (χ0n) is 25.0. The van der Waals surface area contributed by atoms with E-state index in [1.807, 2.05) is 6.92 Å². The summed E-state index contributed by atoms with van der Waals surface area (Å²) in [5, 5.41) is 6.99. The number of pyridine rings is 1. The Balaban J connectivity index is 1.45. The van der Waals surface area contributed by atoms with Gasteiger partial charge >= 0.3 is 0 Å². The summed E-state index contributed by atoms with van der Waals surface area (Å²) in [4.78, 5) is 35.1. The van der Waals surface area contributed by atoms with E-state index >= 15 is 8.78 Å². The van der Waals surface area contributed by atoms with E-state index < -0.39 is 21.8 Å². The summed E-state index contributed by atoms with van der Waals surface area (Å²) in [6.07, 6.45) is 5.78. The molecule has 238 valence electrons. The standard InChI is InChI=1S/C31H40F2N6O4S/c1-22(24-8-7-9-25(16-24)31(32,33)18-23-19-34-20-23)37-28-26-17-27(38-11-14-44(42,43)15-12-38)30(41)39(29(26)36-21-35-28)10-5-3-2-4-6-13-40/h7-9,13,16-17,21-23,34H,2-6,10-12,14-15,18-20H2,1H3,(H,35,36,37). The van der Waals surface area contributed by atoms with Crippen molar-refractivity contribution in [2.24, 2.45) is 5.92 Å². The van der Waals surface area contributed by atoms with Crippen LogP contribution in [0.2, 0.25) is 0 Å². The number of nitrogens with one attached hydrogen (secondary N) is 2. The van der Waals surface area contributed by atoms with Gasteiger partial charge in [-0.25, -0.2) is 27.2 Å². The molecule has 0 saturated carbocycles. The van der Waals surface area contributed by atoms with Gasteiger partial charge in [-0.3, -0.25) is 9.36 Å². The van der Waals surface area contributed by atoms with Gasteiger partial charge in [0.1, 0.15) is 29.8 Å². The first kappa shape index (κ1) is 32.0. The molecule has 2 fully saturated rings. The van der Waals surface area contributed by atoms with E-state index in [0.29, 0.717) is 60.6 Å². The number of rotatable bonds is 14. The zero-order chi connectivity index (χ0) is 31.3. The maximum atomic E-state index is 15.1. The van der Waals surface area contributed by atoms with Crippen LogP contribution in [0.1, 0.15) is 62.6 Å². The number of carbonyl (C=O) groups excluding carboxylic acids is 1. The molecular formula is C31H40F2N6O4S. The molecule has 0 radical (unpaired) electrons. The molecule has 5 rings (SSSR count). The number of alkyl halides is 2. The van der Waals surface area contributed by atoms with Gasteiger partial charge in [0.25, 0.3) is 11.5 Å². The molecule has 2 aliphatic heterocycles. The minimum Gasteiger partial charge on any atom is -0.365 e. The van der Waals surface area contributed by atoms with Crippen molar-refractivity contribution in [3.8, 4) is 0 Å². The van der Waals surface area contributed by atoms with Crippen molar-refractivity contribution in [1.29, 1.82) is 0 Å². The van der Waals surface area contributed by atoms with Crippen LogP contribution in [0.3, 0.4) is 0 Å². The summed E-state index contributed by atoms with van der Waals surface area (Å²) >= 11 is 0. The van der Waals surface area contributed by atoms with E-state index in [-0.39, 0.29) is 48.1 Å². The van der Waals surface area contributed by atoms with Crippen LogP contribution in [-0.4, -0.2) is 66.9 Å². The van der Waals surface area contributed by atoms with Crippen molar-refractivity contribution >= 4 is 38.7 Å². The molecule has 2 aliphatic rings. The van der Waals surface area contributed by atoms with Crippen molar-refractivity contribution in [2.45, 2.75) is 64.0 Å².